The van der Waals surface area contributed by atoms with Gasteiger partial charge in [0.1, 0.15) is 0 Å². The molecule has 5 heteroatoms. The molecule has 2 aromatic rings. The summed E-state index contributed by atoms with van der Waals surface area (Å²) in [6.07, 6.45) is 3.73. The van der Waals surface area contributed by atoms with Crippen LogP contribution >= 0.6 is 22.6 Å². The van der Waals surface area contributed by atoms with Gasteiger partial charge in [-0.1, -0.05) is 24.3 Å². The fourth-order valence-corrected chi connectivity index (χ4v) is 2.88. The molecule has 0 radical (unpaired) electrons. The zero-order valence-corrected chi connectivity index (χ0v) is 15.4. The third-order valence-electron chi connectivity index (χ3n) is 4.47. The number of benzene rings is 1. The van der Waals surface area contributed by atoms with Gasteiger partial charge in [-0.15, -0.1) is 0 Å². The van der Waals surface area contributed by atoms with E-state index in [4.69, 9.17) is 9.31 Å². The monoisotopic (exact) mass is 407 g/mol. The summed E-state index contributed by atoms with van der Waals surface area (Å²) < 4.78 is 13.3. The molecule has 1 fully saturated rings. The van der Waals surface area contributed by atoms with E-state index in [0.29, 0.717) is 0 Å². The first-order valence-corrected chi connectivity index (χ1v) is 8.43. The van der Waals surface area contributed by atoms with Crippen LogP contribution in [0.2, 0.25) is 0 Å². The van der Waals surface area contributed by atoms with Crippen molar-refractivity contribution in [2.75, 3.05) is 0 Å². The van der Waals surface area contributed by atoms with Crippen molar-refractivity contribution in [1.29, 1.82) is 0 Å². The summed E-state index contributed by atoms with van der Waals surface area (Å²) in [5, 5.41) is 0. The third-order valence-corrected chi connectivity index (χ3v) is 5.06. The Hall–Kier alpha value is -0.915. The first-order chi connectivity index (χ1) is 10.3. The molecule has 0 spiro atoms. The van der Waals surface area contributed by atoms with Crippen molar-refractivity contribution in [2.45, 2.75) is 38.9 Å². The maximum Gasteiger partial charge on any atom is 0.494 e. The molecule has 0 atom stereocenters. The highest BCUT2D eigenvalue weighted by molar-refractivity contribution is 14.1. The smallest absolute Gasteiger partial charge is 0.399 e. The van der Waals surface area contributed by atoms with Crippen LogP contribution in [0.1, 0.15) is 27.7 Å². The van der Waals surface area contributed by atoms with E-state index in [9.17, 15) is 0 Å². The van der Waals surface area contributed by atoms with E-state index < -0.39 is 0 Å². The maximum absolute atomic E-state index is 6.08. The molecule has 0 unspecified atom stereocenters. The van der Waals surface area contributed by atoms with Gasteiger partial charge in [0, 0.05) is 21.5 Å². The topological polar surface area (TPSA) is 31.4 Å². The Morgan fingerprint density at radius 1 is 0.909 bits per heavy atom. The van der Waals surface area contributed by atoms with Crippen LogP contribution in [0, 0.1) is 3.57 Å². The number of nitrogens with zero attached hydrogens (tertiary/aromatic N) is 1. The second kappa shape index (κ2) is 5.62. The predicted molar refractivity (Wildman–Crippen MR) is 98.1 cm³/mol. The number of aromatic nitrogens is 1. The molecule has 1 aliphatic rings. The van der Waals surface area contributed by atoms with Crippen LogP contribution in [0.15, 0.2) is 42.7 Å². The first kappa shape index (κ1) is 16.0. The molecule has 1 saturated heterocycles. The molecule has 0 bridgehead atoms. The Labute approximate surface area is 145 Å². The SMILES string of the molecule is CC1(C)OB(c2ccc(-c3cncc(I)c3)cc2)OC1(C)C. The normalized spacial score (nSPS) is 19.4. The van der Waals surface area contributed by atoms with Crippen LogP contribution in [-0.2, 0) is 9.31 Å². The average Bonchev–Trinajstić information content (AvgIpc) is 2.68. The van der Waals surface area contributed by atoms with Crippen molar-refractivity contribution in [3.8, 4) is 11.1 Å². The zero-order valence-electron chi connectivity index (χ0n) is 13.3. The summed E-state index contributed by atoms with van der Waals surface area (Å²) in [4.78, 5) is 4.24. The van der Waals surface area contributed by atoms with E-state index >= 15 is 0 Å². The molecule has 22 heavy (non-hydrogen) atoms. The van der Waals surface area contributed by atoms with Gasteiger partial charge in [-0.3, -0.25) is 4.98 Å². The van der Waals surface area contributed by atoms with Gasteiger partial charge < -0.3 is 9.31 Å². The Morgan fingerprint density at radius 3 is 2.05 bits per heavy atom. The van der Waals surface area contributed by atoms with Crippen molar-refractivity contribution in [3.63, 3.8) is 0 Å². The molecule has 3 nitrogen and oxygen atoms in total. The van der Waals surface area contributed by atoms with Gasteiger partial charge in [-0.25, -0.2) is 0 Å². The van der Waals surface area contributed by atoms with Crippen LogP contribution in [-0.4, -0.2) is 23.3 Å². The van der Waals surface area contributed by atoms with E-state index in [1.54, 1.807) is 0 Å². The minimum absolute atomic E-state index is 0.310. The largest absolute Gasteiger partial charge is 0.494 e. The lowest BCUT2D eigenvalue weighted by Gasteiger charge is -2.32. The van der Waals surface area contributed by atoms with Crippen molar-refractivity contribution in [2.24, 2.45) is 0 Å². The van der Waals surface area contributed by atoms with Crippen LogP contribution in [0.5, 0.6) is 0 Å². The van der Waals surface area contributed by atoms with Gasteiger partial charge in [0.25, 0.3) is 0 Å². The van der Waals surface area contributed by atoms with Gasteiger partial charge in [0.2, 0.25) is 0 Å². The lowest BCUT2D eigenvalue weighted by atomic mass is 9.78. The van der Waals surface area contributed by atoms with Crippen LogP contribution in [0.3, 0.4) is 0 Å². The molecule has 114 valence electrons. The Bertz CT molecular complexity index is 669. The van der Waals surface area contributed by atoms with Gasteiger partial charge in [0.05, 0.1) is 11.2 Å². The summed E-state index contributed by atoms with van der Waals surface area (Å²) in [5.74, 6) is 0. The summed E-state index contributed by atoms with van der Waals surface area (Å²) in [7, 11) is -0.312. The highest BCUT2D eigenvalue weighted by Gasteiger charge is 2.51. The molecular weight excluding hydrogens is 388 g/mol. The third kappa shape index (κ3) is 2.94. The molecule has 0 aliphatic carbocycles. The Kier molecular flexibility index (Phi) is 4.08. The molecule has 0 N–H and O–H groups in total. The van der Waals surface area contributed by atoms with E-state index in [2.05, 4.69) is 85.6 Å². The number of halogens is 1. The van der Waals surface area contributed by atoms with E-state index in [1.165, 1.54) is 0 Å². The Balaban J connectivity index is 1.84. The van der Waals surface area contributed by atoms with Crippen molar-refractivity contribution in [3.05, 3.63) is 46.3 Å². The quantitative estimate of drug-likeness (QED) is 0.563. The minimum Gasteiger partial charge on any atom is -0.399 e. The number of pyridine rings is 1. The second-order valence-electron chi connectivity index (χ2n) is 6.60. The fraction of sp³-hybridized carbons (Fsp3) is 0.353. The summed E-state index contributed by atoms with van der Waals surface area (Å²) in [6, 6.07) is 10.4. The van der Waals surface area contributed by atoms with Crippen LogP contribution < -0.4 is 5.46 Å². The van der Waals surface area contributed by atoms with Crippen LogP contribution in [0.4, 0.5) is 0 Å². The van der Waals surface area contributed by atoms with Crippen molar-refractivity contribution >= 4 is 35.2 Å². The average molecular weight is 407 g/mol. The lowest BCUT2D eigenvalue weighted by molar-refractivity contribution is 0.00578. The summed E-state index contributed by atoms with van der Waals surface area (Å²) >= 11 is 2.27. The molecule has 0 saturated carbocycles. The molecule has 2 heterocycles. The number of rotatable bonds is 2. The van der Waals surface area contributed by atoms with Gasteiger partial charge in [-0.2, -0.15) is 0 Å². The molecule has 3 rings (SSSR count). The highest BCUT2D eigenvalue weighted by atomic mass is 127. The number of hydrogen-bond acceptors (Lipinski definition) is 3. The molecule has 1 aromatic carbocycles. The molecule has 0 amide bonds. The minimum atomic E-state index is -0.312. The summed E-state index contributed by atoms with van der Waals surface area (Å²) in [6.45, 7) is 8.27. The summed E-state index contributed by atoms with van der Waals surface area (Å²) in [5.41, 5.74) is 2.69. The van der Waals surface area contributed by atoms with Crippen LogP contribution in [0.25, 0.3) is 11.1 Å². The standard InChI is InChI=1S/C17H19BINO2/c1-16(2)17(3,4)22-18(21-16)14-7-5-12(6-8-14)13-9-15(19)11-20-10-13/h5-11H,1-4H3. The zero-order chi connectivity index (χ0) is 16.0. The molecule has 1 aromatic heterocycles. The van der Waals surface area contributed by atoms with E-state index in [0.717, 1.165) is 20.2 Å². The predicted octanol–water partition coefficient (Wildman–Crippen LogP) is 3.65. The van der Waals surface area contributed by atoms with Crippen molar-refractivity contribution in [1.82, 2.24) is 4.98 Å². The first-order valence-electron chi connectivity index (χ1n) is 7.35. The second-order valence-corrected chi connectivity index (χ2v) is 7.85. The van der Waals surface area contributed by atoms with E-state index in [-0.39, 0.29) is 18.3 Å². The highest BCUT2D eigenvalue weighted by Crippen LogP contribution is 2.36. The van der Waals surface area contributed by atoms with E-state index in [1.807, 2.05) is 12.4 Å². The van der Waals surface area contributed by atoms with Gasteiger partial charge >= 0.3 is 7.12 Å². The fourth-order valence-electron chi connectivity index (χ4n) is 2.38. The Morgan fingerprint density at radius 2 is 1.50 bits per heavy atom. The van der Waals surface area contributed by atoms with Crippen molar-refractivity contribution < 1.29 is 9.31 Å². The molecular formula is C17H19BINO2. The van der Waals surface area contributed by atoms with Gasteiger partial charge in [-0.05, 0) is 67.4 Å². The lowest BCUT2D eigenvalue weighted by Crippen LogP contribution is -2.41. The molecule has 1 aliphatic heterocycles. The maximum atomic E-state index is 6.08. The van der Waals surface area contributed by atoms with Gasteiger partial charge in [0.15, 0.2) is 0 Å². The number of hydrogen-bond donors (Lipinski definition) is 0.